The maximum absolute atomic E-state index is 13.3. The third kappa shape index (κ3) is 3.86. The van der Waals surface area contributed by atoms with Gasteiger partial charge in [-0.1, -0.05) is 42.2 Å². The van der Waals surface area contributed by atoms with Crippen molar-refractivity contribution in [2.24, 2.45) is 0 Å². The topological polar surface area (TPSA) is 69.7 Å². The molecular weight excluding hydrogens is 437 g/mol. The first-order chi connectivity index (χ1) is 14.8. The number of hydrogen-bond donors (Lipinski definition) is 1. The number of nitrogens with one attached hydrogen (secondary N) is 1. The summed E-state index contributed by atoms with van der Waals surface area (Å²) in [4.78, 5) is 42.0. The molecular formula is C22H18FN3O3S2. The molecule has 31 heavy (non-hydrogen) atoms. The van der Waals surface area contributed by atoms with Crippen molar-refractivity contribution >= 4 is 63.0 Å². The quantitative estimate of drug-likeness (QED) is 0.561. The van der Waals surface area contributed by atoms with Crippen molar-refractivity contribution in [3.8, 4) is 0 Å². The monoisotopic (exact) mass is 455 g/mol. The van der Waals surface area contributed by atoms with Crippen LogP contribution in [0.3, 0.4) is 0 Å². The number of halogens is 1. The number of carbonyl (C=O) groups is 3. The molecule has 2 heterocycles. The van der Waals surface area contributed by atoms with Crippen molar-refractivity contribution in [2.45, 2.75) is 19.9 Å². The summed E-state index contributed by atoms with van der Waals surface area (Å²) in [6.45, 7) is 3.46. The second-order valence-electron chi connectivity index (χ2n) is 7.30. The number of benzene rings is 2. The van der Waals surface area contributed by atoms with E-state index < -0.39 is 17.6 Å². The zero-order valence-electron chi connectivity index (χ0n) is 16.7. The molecule has 4 rings (SSSR count). The summed E-state index contributed by atoms with van der Waals surface area (Å²) in [6.07, 6.45) is 0. The Morgan fingerprint density at radius 3 is 2.42 bits per heavy atom. The molecule has 0 aliphatic carbocycles. The Bertz CT molecular complexity index is 1140. The number of hydrogen-bond acceptors (Lipinski definition) is 5. The van der Waals surface area contributed by atoms with Crippen molar-refractivity contribution < 1.29 is 18.8 Å². The van der Waals surface area contributed by atoms with Crippen molar-refractivity contribution in [1.82, 2.24) is 4.90 Å². The molecule has 1 fully saturated rings. The van der Waals surface area contributed by atoms with Gasteiger partial charge in [0, 0.05) is 17.3 Å². The van der Waals surface area contributed by atoms with Crippen LogP contribution in [0.1, 0.15) is 19.4 Å². The number of anilines is 2. The van der Waals surface area contributed by atoms with E-state index in [-0.39, 0.29) is 29.0 Å². The van der Waals surface area contributed by atoms with Gasteiger partial charge in [0.1, 0.15) is 16.7 Å². The first-order valence-corrected chi connectivity index (χ1v) is 10.8. The lowest BCUT2D eigenvalue weighted by Crippen LogP contribution is -2.36. The van der Waals surface area contributed by atoms with Gasteiger partial charge in [0.15, 0.2) is 0 Å². The standard InChI is InChI=1S/C22H18FN3O3S2/c1-12(2)26-21(29)19(31-22(26)30)18-15-5-3-4-6-16(15)25(20(18)28)11-17(27)24-14-9-7-13(23)8-10-14/h3-10,12H,11H2,1-2H3,(H,24,27)/b19-18-. The maximum atomic E-state index is 13.3. The lowest BCUT2D eigenvalue weighted by Gasteiger charge is -2.18. The van der Waals surface area contributed by atoms with Crippen LogP contribution >= 0.6 is 24.0 Å². The summed E-state index contributed by atoms with van der Waals surface area (Å²) >= 11 is 6.45. The fourth-order valence-corrected chi connectivity index (χ4v) is 5.10. The van der Waals surface area contributed by atoms with Gasteiger partial charge in [-0.3, -0.25) is 24.2 Å². The molecule has 1 saturated heterocycles. The second kappa shape index (κ2) is 8.24. The van der Waals surface area contributed by atoms with E-state index in [4.69, 9.17) is 12.2 Å². The van der Waals surface area contributed by atoms with E-state index in [0.29, 0.717) is 21.3 Å². The Morgan fingerprint density at radius 1 is 1.10 bits per heavy atom. The minimum Gasteiger partial charge on any atom is -0.325 e. The summed E-state index contributed by atoms with van der Waals surface area (Å²) < 4.78 is 13.5. The Morgan fingerprint density at radius 2 is 1.77 bits per heavy atom. The molecule has 2 aliphatic rings. The molecule has 3 amide bonds. The van der Waals surface area contributed by atoms with Gasteiger partial charge in [-0.25, -0.2) is 4.39 Å². The molecule has 0 bridgehead atoms. The number of thioether (sulfide) groups is 1. The van der Waals surface area contributed by atoms with Gasteiger partial charge >= 0.3 is 0 Å². The summed E-state index contributed by atoms with van der Waals surface area (Å²) in [5.74, 6) is -1.59. The molecule has 2 aromatic rings. The number of rotatable bonds is 4. The largest absolute Gasteiger partial charge is 0.325 e. The van der Waals surface area contributed by atoms with Crippen LogP contribution < -0.4 is 10.2 Å². The molecule has 1 N–H and O–H groups in total. The Labute approximate surface area is 188 Å². The van der Waals surface area contributed by atoms with Gasteiger partial charge in [-0.05, 0) is 44.2 Å². The average Bonchev–Trinajstić information content (AvgIpc) is 3.16. The summed E-state index contributed by atoms with van der Waals surface area (Å²) in [5, 5.41) is 2.65. The van der Waals surface area contributed by atoms with Crippen molar-refractivity contribution in [3.05, 3.63) is 64.8 Å². The van der Waals surface area contributed by atoms with Crippen LogP contribution in [0.4, 0.5) is 15.8 Å². The number of para-hydroxylation sites is 1. The minimum absolute atomic E-state index is 0.130. The van der Waals surface area contributed by atoms with Gasteiger partial charge in [-0.2, -0.15) is 0 Å². The minimum atomic E-state index is -0.439. The molecule has 6 nitrogen and oxygen atoms in total. The van der Waals surface area contributed by atoms with Gasteiger partial charge in [0.25, 0.3) is 11.8 Å². The van der Waals surface area contributed by atoms with E-state index in [1.165, 1.54) is 34.1 Å². The van der Waals surface area contributed by atoms with E-state index in [9.17, 15) is 18.8 Å². The van der Waals surface area contributed by atoms with Crippen LogP contribution in [0.25, 0.3) is 5.57 Å². The van der Waals surface area contributed by atoms with Gasteiger partial charge < -0.3 is 5.32 Å². The smallest absolute Gasteiger partial charge is 0.267 e. The molecule has 0 spiro atoms. The van der Waals surface area contributed by atoms with Gasteiger partial charge in [-0.15, -0.1) is 0 Å². The molecule has 9 heteroatoms. The third-order valence-corrected chi connectivity index (χ3v) is 6.30. The predicted molar refractivity (Wildman–Crippen MR) is 123 cm³/mol. The highest BCUT2D eigenvalue weighted by atomic mass is 32.2. The van der Waals surface area contributed by atoms with Crippen LogP contribution in [0, 0.1) is 5.82 Å². The fourth-order valence-electron chi connectivity index (χ4n) is 3.51. The van der Waals surface area contributed by atoms with Crippen LogP contribution in [0.2, 0.25) is 0 Å². The summed E-state index contributed by atoms with van der Waals surface area (Å²) in [7, 11) is 0. The van der Waals surface area contributed by atoms with E-state index in [0.717, 1.165) is 11.8 Å². The molecule has 2 aromatic carbocycles. The zero-order chi connectivity index (χ0) is 22.3. The van der Waals surface area contributed by atoms with Crippen molar-refractivity contribution in [1.29, 1.82) is 0 Å². The second-order valence-corrected chi connectivity index (χ2v) is 8.95. The van der Waals surface area contributed by atoms with E-state index >= 15 is 0 Å². The normalized spacial score (nSPS) is 18.3. The van der Waals surface area contributed by atoms with Crippen LogP contribution in [0.15, 0.2) is 53.4 Å². The molecule has 0 saturated carbocycles. The molecule has 2 aliphatic heterocycles. The molecule has 158 valence electrons. The Hall–Kier alpha value is -3.04. The number of thiocarbonyl (C=S) groups is 1. The van der Waals surface area contributed by atoms with E-state index in [1.807, 2.05) is 13.8 Å². The lowest BCUT2D eigenvalue weighted by atomic mass is 10.1. The van der Waals surface area contributed by atoms with Crippen LogP contribution in [0.5, 0.6) is 0 Å². The first kappa shape index (κ1) is 21.2. The average molecular weight is 456 g/mol. The first-order valence-electron chi connectivity index (χ1n) is 9.54. The molecule has 0 atom stereocenters. The maximum Gasteiger partial charge on any atom is 0.267 e. The zero-order valence-corrected chi connectivity index (χ0v) is 18.3. The van der Waals surface area contributed by atoms with Crippen LogP contribution in [-0.2, 0) is 14.4 Å². The lowest BCUT2D eigenvalue weighted by molar-refractivity contribution is -0.123. The highest BCUT2D eigenvalue weighted by molar-refractivity contribution is 8.26. The fraction of sp³-hybridized carbons (Fsp3) is 0.182. The van der Waals surface area contributed by atoms with E-state index in [1.54, 1.807) is 24.3 Å². The SMILES string of the molecule is CC(C)N1C(=O)/C(=C2/C(=O)N(CC(=O)Nc3ccc(F)cc3)c3ccccc32)SC1=S. The molecule has 0 radical (unpaired) electrons. The van der Waals surface area contributed by atoms with Crippen molar-refractivity contribution in [3.63, 3.8) is 0 Å². The van der Waals surface area contributed by atoms with Gasteiger partial charge in [0.05, 0.1) is 16.2 Å². The Kier molecular flexibility index (Phi) is 5.63. The number of nitrogens with zero attached hydrogens (tertiary/aromatic N) is 2. The molecule has 0 unspecified atom stereocenters. The Balaban J connectivity index is 1.65. The third-order valence-electron chi connectivity index (χ3n) is 4.90. The van der Waals surface area contributed by atoms with Crippen LogP contribution in [-0.4, -0.2) is 39.5 Å². The number of amides is 3. The molecule has 0 aromatic heterocycles. The van der Waals surface area contributed by atoms with E-state index in [2.05, 4.69) is 5.32 Å². The predicted octanol–water partition coefficient (Wildman–Crippen LogP) is 3.79. The van der Waals surface area contributed by atoms with Gasteiger partial charge in [0.2, 0.25) is 5.91 Å². The summed E-state index contributed by atoms with van der Waals surface area (Å²) in [5.41, 5.74) is 1.81. The highest BCUT2D eigenvalue weighted by Crippen LogP contribution is 2.44. The van der Waals surface area contributed by atoms with Crippen molar-refractivity contribution in [2.75, 3.05) is 16.8 Å². The summed E-state index contributed by atoms with van der Waals surface area (Å²) in [6, 6.07) is 12.2. The number of carbonyl (C=O) groups excluding carboxylic acids is 3. The number of fused-ring (bicyclic) bond motifs is 1. The highest BCUT2D eigenvalue weighted by Gasteiger charge is 2.43.